The van der Waals surface area contributed by atoms with Crippen molar-refractivity contribution in [2.75, 3.05) is 19.6 Å². The van der Waals surface area contributed by atoms with E-state index in [-0.39, 0.29) is 0 Å². The molecule has 0 aliphatic carbocycles. The SMILES string of the molecule is CC1=CCN(C(C)CCC(C)N2CCC(C)CC2)C=C1. The molecule has 0 aromatic carbocycles. The summed E-state index contributed by atoms with van der Waals surface area (Å²) in [6.07, 6.45) is 12.2. The van der Waals surface area contributed by atoms with Crippen molar-refractivity contribution in [1.29, 1.82) is 0 Å². The number of hydrogen-bond donors (Lipinski definition) is 0. The molecular formula is C18H32N2. The van der Waals surface area contributed by atoms with E-state index in [4.69, 9.17) is 0 Å². The van der Waals surface area contributed by atoms with Crippen LogP contribution < -0.4 is 0 Å². The van der Waals surface area contributed by atoms with Gasteiger partial charge in [0.05, 0.1) is 0 Å². The summed E-state index contributed by atoms with van der Waals surface area (Å²) in [5.74, 6) is 0.936. The molecule has 0 bridgehead atoms. The predicted molar refractivity (Wildman–Crippen MR) is 87.7 cm³/mol. The van der Waals surface area contributed by atoms with Crippen LogP contribution in [0.15, 0.2) is 23.9 Å². The monoisotopic (exact) mass is 276 g/mol. The van der Waals surface area contributed by atoms with Gasteiger partial charge in [-0.15, -0.1) is 0 Å². The lowest BCUT2D eigenvalue weighted by Crippen LogP contribution is -2.40. The molecule has 20 heavy (non-hydrogen) atoms. The Morgan fingerprint density at radius 2 is 1.80 bits per heavy atom. The standard InChI is InChI=1S/C18H32N2/c1-15-7-11-19(12-8-15)17(3)5-6-18(4)20-13-9-16(2)10-14-20/h7-8,11,16-18H,5-6,9-10,12-14H2,1-4H3. The Morgan fingerprint density at radius 1 is 1.15 bits per heavy atom. The van der Waals surface area contributed by atoms with Gasteiger partial charge in [0.15, 0.2) is 0 Å². The van der Waals surface area contributed by atoms with Crippen LogP contribution in [0.25, 0.3) is 0 Å². The number of likely N-dealkylation sites (tertiary alicyclic amines) is 1. The zero-order valence-corrected chi connectivity index (χ0v) is 13.8. The Bertz CT molecular complexity index is 350. The summed E-state index contributed by atoms with van der Waals surface area (Å²) in [5, 5.41) is 0. The summed E-state index contributed by atoms with van der Waals surface area (Å²) >= 11 is 0. The number of nitrogens with zero attached hydrogens (tertiary/aromatic N) is 2. The molecule has 0 spiro atoms. The highest BCUT2D eigenvalue weighted by Gasteiger charge is 2.21. The largest absolute Gasteiger partial charge is 0.371 e. The van der Waals surface area contributed by atoms with E-state index < -0.39 is 0 Å². The molecule has 0 aromatic rings. The molecule has 1 saturated heterocycles. The van der Waals surface area contributed by atoms with Gasteiger partial charge in [-0.3, -0.25) is 0 Å². The van der Waals surface area contributed by atoms with Crippen molar-refractivity contribution in [3.63, 3.8) is 0 Å². The lowest BCUT2D eigenvalue weighted by Gasteiger charge is -2.36. The molecule has 2 rings (SSSR count). The highest BCUT2D eigenvalue weighted by Crippen LogP contribution is 2.21. The number of rotatable bonds is 5. The van der Waals surface area contributed by atoms with Crippen LogP contribution in [0.4, 0.5) is 0 Å². The van der Waals surface area contributed by atoms with Gasteiger partial charge in [0.1, 0.15) is 0 Å². The molecule has 2 aliphatic rings. The van der Waals surface area contributed by atoms with E-state index in [1.54, 1.807) is 0 Å². The highest BCUT2D eigenvalue weighted by molar-refractivity contribution is 5.20. The Morgan fingerprint density at radius 3 is 2.40 bits per heavy atom. The van der Waals surface area contributed by atoms with E-state index in [9.17, 15) is 0 Å². The van der Waals surface area contributed by atoms with E-state index in [1.807, 2.05) is 0 Å². The first-order valence-electron chi connectivity index (χ1n) is 8.41. The molecule has 2 atom stereocenters. The highest BCUT2D eigenvalue weighted by atomic mass is 15.2. The number of hydrogen-bond acceptors (Lipinski definition) is 2. The molecule has 1 fully saturated rings. The van der Waals surface area contributed by atoms with Crippen molar-refractivity contribution in [3.05, 3.63) is 23.9 Å². The molecule has 2 nitrogen and oxygen atoms in total. The average molecular weight is 276 g/mol. The topological polar surface area (TPSA) is 6.48 Å². The van der Waals surface area contributed by atoms with E-state index in [0.29, 0.717) is 6.04 Å². The molecule has 2 unspecified atom stereocenters. The number of allylic oxidation sites excluding steroid dienone is 2. The lowest BCUT2D eigenvalue weighted by atomic mass is 9.96. The van der Waals surface area contributed by atoms with Gasteiger partial charge in [-0.2, -0.15) is 0 Å². The third-order valence-corrected chi connectivity index (χ3v) is 5.16. The van der Waals surface area contributed by atoms with Crippen molar-refractivity contribution in [1.82, 2.24) is 9.80 Å². The van der Waals surface area contributed by atoms with Crippen molar-refractivity contribution in [3.8, 4) is 0 Å². The lowest BCUT2D eigenvalue weighted by molar-refractivity contribution is 0.133. The molecular weight excluding hydrogens is 244 g/mol. The van der Waals surface area contributed by atoms with E-state index in [0.717, 1.165) is 18.5 Å². The van der Waals surface area contributed by atoms with Crippen molar-refractivity contribution in [2.24, 2.45) is 5.92 Å². The van der Waals surface area contributed by atoms with Gasteiger partial charge >= 0.3 is 0 Å². The maximum atomic E-state index is 2.70. The van der Waals surface area contributed by atoms with Gasteiger partial charge in [-0.1, -0.05) is 18.6 Å². The molecule has 2 heterocycles. The molecule has 0 amide bonds. The predicted octanol–water partition coefficient (Wildman–Crippen LogP) is 4.05. The summed E-state index contributed by atoms with van der Waals surface area (Å²) in [4.78, 5) is 5.17. The zero-order valence-electron chi connectivity index (χ0n) is 13.8. The second-order valence-electron chi connectivity index (χ2n) is 6.95. The fourth-order valence-corrected chi connectivity index (χ4v) is 3.22. The van der Waals surface area contributed by atoms with Crippen LogP contribution in [0, 0.1) is 5.92 Å². The minimum absolute atomic E-state index is 0.654. The molecule has 2 aliphatic heterocycles. The van der Waals surface area contributed by atoms with Crippen molar-refractivity contribution >= 4 is 0 Å². The molecule has 114 valence electrons. The summed E-state index contributed by atoms with van der Waals surface area (Å²) in [5.41, 5.74) is 1.39. The van der Waals surface area contributed by atoms with Gasteiger partial charge in [-0.25, -0.2) is 0 Å². The smallest absolute Gasteiger partial charge is 0.0362 e. The van der Waals surface area contributed by atoms with Crippen molar-refractivity contribution in [2.45, 2.75) is 65.5 Å². The van der Waals surface area contributed by atoms with E-state index in [1.165, 1.54) is 44.3 Å². The van der Waals surface area contributed by atoms with Crippen LogP contribution in [-0.4, -0.2) is 41.5 Å². The zero-order chi connectivity index (χ0) is 14.5. The summed E-state index contributed by atoms with van der Waals surface area (Å²) < 4.78 is 0. The quantitative estimate of drug-likeness (QED) is 0.747. The normalized spacial score (nSPS) is 24.6. The first-order chi connectivity index (χ1) is 9.56. The van der Waals surface area contributed by atoms with Gasteiger partial charge in [0.2, 0.25) is 0 Å². The Labute approximate surface area is 125 Å². The second-order valence-corrected chi connectivity index (χ2v) is 6.95. The Balaban J connectivity index is 1.70. The molecule has 0 aromatic heterocycles. The van der Waals surface area contributed by atoms with E-state index >= 15 is 0 Å². The minimum atomic E-state index is 0.654. The maximum Gasteiger partial charge on any atom is 0.0362 e. The first kappa shape index (κ1) is 15.6. The summed E-state index contributed by atoms with van der Waals surface area (Å²) in [6, 6.07) is 1.40. The van der Waals surface area contributed by atoms with Gasteiger partial charge in [0.25, 0.3) is 0 Å². The first-order valence-corrected chi connectivity index (χ1v) is 8.41. The molecule has 0 N–H and O–H groups in total. The average Bonchev–Trinajstić information content (AvgIpc) is 2.46. The summed E-state index contributed by atoms with van der Waals surface area (Å²) in [6.45, 7) is 13.0. The van der Waals surface area contributed by atoms with Crippen molar-refractivity contribution < 1.29 is 0 Å². The molecule has 2 heteroatoms. The van der Waals surface area contributed by atoms with Gasteiger partial charge in [-0.05, 0) is 77.7 Å². The van der Waals surface area contributed by atoms with Crippen LogP contribution in [0.2, 0.25) is 0 Å². The van der Waals surface area contributed by atoms with Crippen LogP contribution in [0.1, 0.15) is 53.4 Å². The summed E-state index contributed by atoms with van der Waals surface area (Å²) in [7, 11) is 0. The maximum absolute atomic E-state index is 2.70. The minimum Gasteiger partial charge on any atom is -0.371 e. The van der Waals surface area contributed by atoms with E-state index in [2.05, 4.69) is 55.8 Å². The third kappa shape index (κ3) is 4.37. The van der Waals surface area contributed by atoms with Crippen LogP contribution >= 0.6 is 0 Å². The van der Waals surface area contributed by atoms with Gasteiger partial charge < -0.3 is 9.80 Å². The Hall–Kier alpha value is -0.760. The Kier molecular flexibility index (Phi) is 5.71. The molecule has 0 saturated carbocycles. The second kappa shape index (κ2) is 7.31. The fraction of sp³-hybridized carbons (Fsp3) is 0.778. The van der Waals surface area contributed by atoms with Crippen LogP contribution in [0.5, 0.6) is 0 Å². The van der Waals surface area contributed by atoms with Crippen LogP contribution in [-0.2, 0) is 0 Å². The third-order valence-electron chi connectivity index (χ3n) is 5.16. The molecule has 0 radical (unpaired) electrons. The van der Waals surface area contributed by atoms with Gasteiger partial charge in [0, 0.05) is 18.6 Å². The fourth-order valence-electron chi connectivity index (χ4n) is 3.22. The van der Waals surface area contributed by atoms with Crippen LogP contribution in [0.3, 0.4) is 0 Å². The number of piperidine rings is 1.